The Morgan fingerprint density at radius 3 is 2.88 bits per heavy atom. The second-order valence-corrected chi connectivity index (χ2v) is 4.70. The van der Waals surface area contributed by atoms with Gasteiger partial charge < -0.3 is 10.0 Å². The van der Waals surface area contributed by atoms with E-state index in [4.69, 9.17) is 0 Å². The third-order valence-electron chi connectivity index (χ3n) is 2.82. The molecule has 0 aliphatic rings. The van der Waals surface area contributed by atoms with Crippen LogP contribution in [0.1, 0.15) is 18.9 Å². The van der Waals surface area contributed by atoms with E-state index in [-0.39, 0.29) is 6.61 Å². The quantitative estimate of drug-likeness (QED) is 0.826. The second kappa shape index (κ2) is 6.76. The Labute approximate surface area is 102 Å². The van der Waals surface area contributed by atoms with Crippen molar-refractivity contribution in [1.82, 2.24) is 4.98 Å². The zero-order valence-corrected chi connectivity index (χ0v) is 11.0. The van der Waals surface area contributed by atoms with Gasteiger partial charge in [0.05, 0.1) is 18.5 Å². The van der Waals surface area contributed by atoms with E-state index in [1.165, 1.54) is 0 Å². The Morgan fingerprint density at radius 2 is 2.31 bits per heavy atom. The summed E-state index contributed by atoms with van der Waals surface area (Å²) in [5, 5.41) is 9.29. The molecule has 0 fully saturated rings. The number of nitrogens with zero attached hydrogens (tertiary/aromatic N) is 2. The van der Waals surface area contributed by atoms with Crippen LogP contribution in [0, 0.1) is 0 Å². The number of hydrogen-bond donors (Lipinski definition) is 1. The van der Waals surface area contributed by atoms with Gasteiger partial charge in [0.25, 0.3) is 0 Å². The van der Waals surface area contributed by atoms with Crippen molar-refractivity contribution in [2.75, 3.05) is 24.0 Å². The van der Waals surface area contributed by atoms with E-state index < -0.39 is 0 Å². The van der Waals surface area contributed by atoms with Gasteiger partial charge in [-0.1, -0.05) is 6.92 Å². The minimum Gasteiger partial charge on any atom is -0.392 e. The van der Waals surface area contributed by atoms with Gasteiger partial charge in [-0.05, 0) is 18.7 Å². The Hall–Kier alpha value is -0.740. The highest BCUT2D eigenvalue weighted by molar-refractivity contribution is 7.98. The summed E-state index contributed by atoms with van der Waals surface area (Å²) in [6.45, 7) is 2.25. The lowest BCUT2D eigenvalue weighted by Crippen LogP contribution is -2.33. The molecule has 90 valence electrons. The molecule has 1 aromatic rings. The van der Waals surface area contributed by atoms with Crippen LogP contribution in [0.3, 0.4) is 0 Å². The van der Waals surface area contributed by atoms with Gasteiger partial charge in [-0.15, -0.1) is 0 Å². The van der Waals surface area contributed by atoms with Gasteiger partial charge in [-0.3, -0.25) is 4.98 Å². The number of hydrogen-bond acceptors (Lipinski definition) is 4. The minimum absolute atomic E-state index is 0.0674. The zero-order chi connectivity index (χ0) is 12.0. The maximum absolute atomic E-state index is 9.29. The number of aliphatic hydroxyl groups excluding tert-OH is 1. The van der Waals surface area contributed by atoms with Gasteiger partial charge in [0.15, 0.2) is 0 Å². The fourth-order valence-corrected chi connectivity index (χ4v) is 2.60. The standard InChI is InChI=1S/C12H20N2OS/c1-4-11(9-16-3)14(2)12-7-13-6-5-10(12)8-15/h5-7,11,15H,4,8-9H2,1-3H3. The Kier molecular flexibility index (Phi) is 5.63. The summed E-state index contributed by atoms with van der Waals surface area (Å²) in [7, 11) is 2.07. The number of aliphatic hydroxyl groups is 1. The summed E-state index contributed by atoms with van der Waals surface area (Å²) in [5.74, 6) is 1.09. The van der Waals surface area contributed by atoms with Crippen molar-refractivity contribution < 1.29 is 5.11 Å². The van der Waals surface area contributed by atoms with Crippen LogP contribution >= 0.6 is 11.8 Å². The van der Waals surface area contributed by atoms with Crippen LogP contribution in [0.2, 0.25) is 0 Å². The summed E-state index contributed by atoms with van der Waals surface area (Å²) in [4.78, 5) is 6.35. The summed E-state index contributed by atoms with van der Waals surface area (Å²) in [5.41, 5.74) is 1.97. The molecule has 0 bridgehead atoms. The molecular formula is C12H20N2OS. The molecule has 4 heteroatoms. The molecule has 0 saturated heterocycles. The fraction of sp³-hybridized carbons (Fsp3) is 0.583. The van der Waals surface area contributed by atoms with Crippen molar-refractivity contribution in [3.63, 3.8) is 0 Å². The van der Waals surface area contributed by atoms with E-state index in [2.05, 4.69) is 30.1 Å². The van der Waals surface area contributed by atoms with E-state index in [1.54, 1.807) is 6.20 Å². The monoisotopic (exact) mass is 240 g/mol. The molecule has 3 nitrogen and oxygen atoms in total. The predicted octanol–water partition coefficient (Wildman–Crippen LogP) is 2.15. The number of anilines is 1. The van der Waals surface area contributed by atoms with Gasteiger partial charge in [0.1, 0.15) is 0 Å². The van der Waals surface area contributed by atoms with Crippen LogP contribution in [0.4, 0.5) is 5.69 Å². The minimum atomic E-state index is 0.0674. The normalized spacial score (nSPS) is 12.5. The second-order valence-electron chi connectivity index (χ2n) is 3.79. The van der Waals surface area contributed by atoms with E-state index in [0.717, 1.165) is 23.4 Å². The lowest BCUT2D eigenvalue weighted by atomic mass is 10.1. The molecule has 16 heavy (non-hydrogen) atoms. The number of aromatic nitrogens is 1. The highest BCUT2D eigenvalue weighted by Crippen LogP contribution is 2.22. The molecule has 0 aliphatic carbocycles. The molecule has 1 N–H and O–H groups in total. The molecule has 1 unspecified atom stereocenters. The van der Waals surface area contributed by atoms with Crippen LogP contribution in [-0.2, 0) is 6.61 Å². The fourth-order valence-electron chi connectivity index (χ4n) is 1.76. The first-order chi connectivity index (χ1) is 7.74. The third-order valence-corrected chi connectivity index (χ3v) is 3.53. The van der Waals surface area contributed by atoms with Crippen LogP contribution in [0.5, 0.6) is 0 Å². The van der Waals surface area contributed by atoms with Crippen LogP contribution in [0.15, 0.2) is 18.5 Å². The molecule has 0 spiro atoms. The molecule has 0 aliphatic heterocycles. The van der Waals surface area contributed by atoms with Crippen molar-refractivity contribution in [3.8, 4) is 0 Å². The van der Waals surface area contributed by atoms with Crippen molar-refractivity contribution in [1.29, 1.82) is 0 Å². The van der Waals surface area contributed by atoms with E-state index >= 15 is 0 Å². The molecule has 0 aromatic carbocycles. The van der Waals surface area contributed by atoms with Crippen LogP contribution in [0.25, 0.3) is 0 Å². The first-order valence-electron chi connectivity index (χ1n) is 5.50. The molecule has 0 amide bonds. The zero-order valence-electron chi connectivity index (χ0n) is 10.2. The predicted molar refractivity (Wildman–Crippen MR) is 71.0 cm³/mol. The topological polar surface area (TPSA) is 36.4 Å². The summed E-state index contributed by atoms with van der Waals surface area (Å²) < 4.78 is 0. The SMILES string of the molecule is CCC(CSC)N(C)c1cnccc1CO. The maximum atomic E-state index is 9.29. The lowest BCUT2D eigenvalue weighted by Gasteiger charge is -2.29. The lowest BCUT2D eigenvalue weighted by molar-refractivity contribution is 0.282. The largest absolute Gasteiger partial charge is 0.392 e. The van der Waals surface area contributed by atoms with Crippen molar-refractivity contribution >= 4 is 17.4 Å². The van der Waals surface area contributed by atoms with Gasteiger partial charge in [0.2, 0.25) is 0 Å². The Morgan fingerprint density at radius 1 is 1.56 bits per heavy atom. The van der Waals surface area contributed by atoms with Gasteiger partial charge in [0, 0.05) is 30.6 Å². The summed E-state index contributed by atoms with van der Waals surface area (Å²) in [6.07, 6.45) is 6.76. The highest BCUT2D eigenvalue weighted by atomic mass is 32.2. The van der Waals surface area contributed by atoms with E-state index in [0.29, 0.717) is 6.04 Å². The molecule has 0 saturated carbocycles. The molecular weight excluding hydrogens is 220 g/mol. The van der Waals surface area contributed by atoms with Crippen molar-refractivity contribution in [3.05, 3.63) is 24.0 Å². The molecule has 1 heterocycles. The summed E-state index contributed by atoms with van der Waals surface area (Å²) >= 11 is 1.85. The van der Waals surface area contributed by atoms with Gasteiger partial charge in [-0.2, -0.15) is 11.8 Å². The molecule has 1 rings (SSSR count). The third kappa shape index (κ3) is 3.12. The van der Waals surface area contributed by atoms with Crippen molar-refractivity contribution in [2.24, 2.45) is 0 Å². The molecule has 1 aromatic heterocycles. The Bertz CT molecular complexity index is 320. The maximum Gasteiger partial charge on any atom is 0.0703 e. The number of rotatable bonds is 6. The van der Waals surface area contributed by atoms with Crippen LogP contribution in [-0.4, -0.2) is 35.2 Å². The molecule has 0 radical (unpaired) electrons. The molecule has 1 atom stereocenters. The first kappa shape index (κ1) is 13.3. The van der Waals surface area contributed by atoms with Crippen molar-refractivity contribution in [2.45, 2.75) is 26.0 Å². The summed E-state index contributed by atoms with van der Waals surface area (Å²) in [6, 6.07) is 2.36. The van der Waals surface area contributed by atoms with E-state index in [9.17, 15) is 5.11 Å². The van der Waals surface area contributed by atoms with E-state index in [1.807, 2.05) is 24.0 Å². The van der Waals surface area contributed by atoms with Gasteiger partial charge in [-0.25, -0.2) is 0 Å². The van der Waals surface area contributed by atoms with Gasteiger partial charge >= 0.3 is 0 Å². The average molecular weight is 240 g/mol. The number of pyridine rings is 1. The number of thioether (sulfide) groups is 1. The first-order valence-corrected chi connectivity index (χ1v) is 6.89. The Balaban J connectivity index is 2.88. The average Bonchev–Trinajstić information content (AvgIpc) is 2.35. The smallest absolute Gasteiger partial charge is 0.0703 e. The highest BCUT2D eigenvalue weighted by Gasteiger charge is 2.15. The van der Waals surface area contributed by atoms with Crippen LogP contribution < -0.4 is 4.90 Å².